The van der Waals surface area contributed by atoms with Crippen LogP contribution < -0.4 is 10.2 Å². The number of aromatic nitrogens is 1. The van der Waals surface area contributed by atoms with Crippen molar-refractivity contribution < 1.29 is 9.59 Å². The molecule has 2 aliphatic rings. The molecule has 160 valence electrons. The van der Waals surface area contributed by atoms with Crippen LogP contribution in [0.15, 0.2) is 30.3 Å². The highest BCUT2D eigenvalue weighted by atomic mass is 32.1. The molecule has 2 aromatic rings. The molecule has 1 N–H and O–H groups in total. The molecule has 0 radical (unpaired) electrons. The third-order valence-corrected chi connectivity index (χ3v) is 6.96. The lowest BCUT2D eigenvalue weighted by Crippen LogP contribution is -2.44. The molecular weight excluding hydrogens is 396 g/mol. The van der Waals surface area contributed by atoms with E-state index in [1.54, 1.807) is 4.90 Å². The highest BCUT2D eigenvalue weighted by molar-refractivity contribution is 7.17. The van der Waals surface area contributed by atoms with Gasteiger partial charge in [0.15, 0.2) is 5.13 Å². The topological polar surface area (TPSA) is 65.5 Å². The SMILES string of the molecule is CC(C)c1nc(N2CCCC2=O)sc1C(=O)NC1CCN(Cc2ccccc2)CC1. The molecule has 0 aliphatic carbocycles. The Kier molecular flexibility index (Phi) is 6.49. The van der Waals surface area contributed by atoms with Gasteiger partial charge in [-0.1, -0.05) is 55.5 Å². The number of thiazole rings is 1. The van der Waals surface area contributed by atoms with Gasteiger partial charge in [0.1, 0.15) is 4.88 Å². The Bertz CT molecular complexity index is 888. The molecule has 3 heterocycles. The summed E-state index contributed by atoms with van der Waals surface area (Å²) in [7, 11) is 0. The average molecular weight is 427 g/mol. The smallest absolute Gasteiger partial charge is 0.263 e. The van der Waals surface area contributed by atoms with Gasteiger partial charge >= 0.3 is 0 Å². The summed E-state index contributed by atoms with van der Waals surface area (Å²) >= 11 is 1.36. The van der Waals surface area contributed by atoms with Crippen LogP contribution in [0.2, 0.25) is 0 Å². The summed E-state index contributed by atoms with van der Waals surface area (Å²) in [6.07, 6.45) is 3.33. The predicted molar refractivity (Wildman–Crippen MR) is 120 cm³/mol. The minimum Gasteiger partial charge on any atom is -0.348 e. The molecule has 0 atom stereocenters. The van der Waals surface area contributed by atoms with Gasteiger partial charge in [-0.2, -0.15) is 0 Å². The summed E-state index contributed by atoms with van der Waals surface area (Å²) in [5.41, 5.74) is 2.13. The number of carbonyl (C=O) groups is 2. The van der Waals surface area contributed by atoms with Crippen molar-refractivity contribution in [1.29, 1.82) is 0 Å². The number of anilines is 1. The molecule has 2 saturated heterocycles. The molecule has 0 spiro atoms. The lowest BCUT2D eigenvalue weighted by atomic mass is 10.0. The van der Waals surface area contributed by atoms with Crippen LogP contribution in [-0.4, -0.2) is 47.4 Å². The van der Waals surface area contributed by atoms with Crippen LogP contribution in [0.1, 0.15) is 66.4 Å². The Balaban J connectivity index is 1.37. The highest BCUT2D eigenvalue weighted by Crippen LogP contribution is 2.33. The van der Waals surface area contributed by atoms with Crippen molar-refractivity contribution in [3.05, 3.63) is 46.5 Å². The normalized spacial score (nSPS) is 18.4. The third-order valence-electron chi connectivity index (χ3n) is 5.87. The lowest BCUT2D eigenvalue weighted by Gasteiger charge is -2.32. The van der Waals surface area contributed by atoms with Crippen molar-refractivity contribution in [3.63, 3.8) is 0 Å². The first-order valence-electron chi connectivity index (χ1n) is 10.9. The van der Waals surface area contributed by atoms with Gasteiger partial charge in [0, 0.05) is 38.6 Å². The lowest BCUT2D eigenvalue weighted by molar-refractivity contribution is -0.117. The fourth-order valence-corrected chi connectivity index (χ4v) is 5.34. The molecule has 7 heteroatoms. The van der Waals surface area contributed by atoms with Gasteiger partial charge in [-0.3, -0.25) is 19.4 Å². The molecule has 30 heavy (non-hydrogen) atoms. The van der Waals surface area contributed by atoms with Crippen LogP contribution in [0.25, 0.3) is 0 Å². The Hall–Kier alpha value is -2.25. The van der Waals surface area contributed by atoms with E-state index >= 15 is 0 Å². The van der Waals surface area contributed by atoms with Crippen molar-refractivity contribution in [2.45, 2.75) is 58.0 Å². The third kappa shape index (κ3) is 4.73. The maximum Gasteiger partial charge on any atom is 0.263 e. The van der Waals surface area contributed by atoms with Gasteiger partial charge in [-0.05, 0) is 30.7 Å². The number of hydrogen-bond acceptors (Lipinski definition) is 5. The average Bonchev–Trinajstić information content (AvgIpc) is 3.36. The van der Waals surface area contributed by atoms with Crippen LogP contribution in [0.3, 0.4) is 0 Å². The molecule has 4 rings (SSSR count). The van der Waals surface area contributed by atoms with E-state index in [0.29, 0.717) is 23.0 Å². The number of amides is 2. The zero-order chi connectivity index (χ0) is 21.1. The van der Waals surface area contributed by atoms with E-state index in [2.05, 4.69) is 39.5 Å². The summed E-state index contributed by atoms with van der Waals surface area (Å²) in [6, 6.07) is 10.7. The second kappa shape index (κ2) is 9.27. The molecule has 2 amide bonds. The van der Waals surface area contributed by atoms with E-state index in [0.717, 1.165) is 44.6 Å². The number of hydrogen-bond donors (Lipinski definition) is 1. The van der Waals surface area contributed by atoms with Gasteiger partial charge in [0.2, 0.25) is 5.91 Å². The second-order valence-electron chi connectivity index (χ2n) is 8.52. The maximum atomic E-state index is 13.1. The quantitative estimate of drug-likeness (QED) is 0.763. The Morgan fingerprint density at radius 2 is 1.93 bits per heavy atom. The summed E-state index contributed by atoms with van der Waals surface area (Å²) in [5, 5.41) is 3.90. The largest absolute Gasteiger partial charge is 0.348 e. The van der Waals surface area contributed by atoms with E-state index in [1.807, 2.05) is 19.9 Å². The molecule has 0 unspecified atom stereocenters. The molecule has 2 fully saturated rings. The van der Waals surface area contributed by atoms with Crippen molar-refractivity contribution in [3.8, 4) is 0 Å². The van der Waals surface area contributed by atoms with E-state index in [1.165, 1.54) is 16.9 Å². The van der Waals surface area contributed by atoms with Gasteiger partial charge in [0.25, 0.3) is 5.91 Å². The van der Waals surface area contributed by atoms with E-state index in [9.17, 15) is 9.59 Å². The number of likely N-dealkylation sites (tertiary alicyclic amines) is 1. The number of nitrogens with one attached hydrogen (secondary N) is 1. The first kappa shape index (κ1) is 21.0. The van der Waals surface area contributed by atoms with Crippen LogP contribution in [0, 0.1) is 0 Å². The zero-order valence-corrected chi connectivity index (χ0v) is 18.6. The van der Waals surface area contributed by atoms with Crippen molar-refractivity contribution in [2.75, 3.05) is 24.5 Å². The number of benzene rings is 1. The van der Waals surface area contributed by atoms with Crippen molar-refractivity contribution >= 4 is 28.3 Å². The van der Waals surface area contributed by atoms with Gasteiger partial charge in [-0.15, -0.1) is 0 Å². The minimum absolute atomic E-state index is 0.0457. The van der Waals surface area contributed by atoms with Crippen LogP contribution in [0.4, 0.5) is 5.13 Å². The van der Waals surface area contributed by atoms with Crippen LogP contribution in [0.5, 0.6) is 0 Å². The fourth-order valence-electron chi connectivity index (χ4n) is 4.17. The van der Waals surface area contributed by atoms with E-state index in [-0.39, 0.29) is 23.8 Å². The highest BCUT2D eigenvalue weighted by Gasteiger charge is 2.29. The maximum absolute atomic E-state index is 13.1. The molecule has 0 bridgehead atoms. The summed E-state index contributed by atoms with van der Waals surface area (Å²) in [4.78, 5) is 34.7. The standard InChI is InChI=1S/C23H30N4O2S/c1-16(2)20-21(30-23(25-20)27-12-6-9-19(27)28)22(29)24-18-10-13-26(14-11-18)15-17-7-4-3-5-8-17/h3-5,7-8,16,18H,6,9-15H2,1-2H3,(H,24,29). The minimum atomic E-state index is -0.0457. The number of nitrogens with zero attached hydrogens (tertiary/aromatic N) is 3. The number of carbonyl (C=O) groups excluding carboxylic acids is 2. The summed E-state index contributed by atoms with van der Waals surface area (Å²) in [6.45, 7) is 7.71. The molecule has 2 aliphatic heterocycles. The van der Waals surface area contributed by atoms with Crippen molar-refractivity contribution in [1.82, 2.24) is 15.2 Å². The van der Waals surface area contributed by atoms with Crippen LogP contribution >= 0.6 is 11.3 Å². The molecule has 1 aromatic heterocycles. The van der Waals surface area contributed by atoms with E-state index < -0.39 is 0 Å². The zero-order valence-electron chi connectivity index (χ0n) is 17.8. The Morgan fingerprint density at radius 1 is 1.20 bits per heavy atom. The van der Waals surface area contributed by atoms with Crippen LogP contribution in [-0.2, 0) is 11.3 Å². The first-order chi connectivity index (χ1) is 14.5. The Morgan fingerprint density at radius 3 is 2.57 bits per heavy atom. The monoisotopic (exact) mass is 426 g/mol. The number of piperidine rings is 1. The Labute approximate surface area is 182 Å². The number of rotatable bonds is 6. The summed E-state index contributed by atoms with van der Waals surface area (Å²) in [5.74, 6) is 0.202. The van der Waals surface area contributed by atoms with Crippen molar-refractivity contribution in [2.24, 2.45) is 0 Å². The first-order valence-corrected chi connectivity index (χ1v) is 11.7. The molecule has 6 nitrogen and oxygen atoms in total. The molecule has 0 saturated carbocycles. The second-order valence-corrected chi connectivity index (χ2v) is 9.50. The van der Waals surface area contributed by atoms with Gasteiger partial charge in [0.05, 0.1) is 5.69 Å². The summed E-state index contributed by atoms with van der Waals surface area (Å²) < 4.78 is 0. The van der Waals surface area contributed by atoms with Gasteiger partial charge < -0.3 is 5.32 Å². The molecule has 1 aromatic carbocycles. The fraction of sp³-hybridized carbons (Fsp3) is 0.522. The molecular formula is C23H30N4O2S. The van der Waals surface area contributed by atoms with Gasteiger partial charge in [-0.25, -0.2) is 4.98 Å². The van der Waals surface area contributed by atoms with E-state index in [4.69, 9.17) is 0 Å². The predicted octanol–water partition coefficient (Wildman–Crippen LogP) is 3.79.